The number of aromatic amines is 2. The monoisotopic (exact) mass is 309 g/mol. The third-order valence-corrected chi connectivity index (χ3v) is 3.82. The number of hydrogen-bond acceptors (Lipinski definition) is 5. The van der Waals surface area contributed by atoms with E-state index < -0.39 is 0 Å². The summed E-state index contributed by atoms with van der Waals surface area (Å²) in [4.78, 5) is 25.3. The molecule has 0 radical (unpaired) electrons. The highest BCUT2D eigenvalue weighted by molar-refractivity contribution is 5.83. The van der Waals surface area contributed by atoms with Gasteiger partial charge in [-0.25, -0.2) is 9.78 Å². The molecule has 0 bridgehead atoms. The Morgan fingerprint density at radius 2 is 2.22 bits per heavy atom. The van der Waals surface area contributed by atoms with E-state index >= 15 is 0 Å². The molecule has 3 aromatic rings. The minimum atomic E-state index is -0.196. The second-order valence-electron chi connectivity index (χ2n) is 5.41. The van der Waals surface area contributed by atoms with Gasteiger partial charge in [-0.2, -0.15) is 0 Å². The van der Waals surface area contributed by atoms with Crippen LogP contribution in [0.3, 0.4) is 0 Å². The van der Waals surface area contributed by atoms with Crippen molar-refractivity contribution in [3.63, 3.8) is 0 Å². The third kappa shape index (κ3) is 2.86. The first-order valence-corrected chi connectivity index (χ1v) is 7.34. The fourth-order valence-electron chi connectivity index (χ4n) is 2.69. The lowest BCUT2D eigenvalue weighted by Crippen LogP contribution is -2.31. The zero-order valence-electron chi connectivity index (χ0n) is 12.2. The molecule has 1 aromatic carbocycles. The summed E-state index contributed by atoms with van der Waals surface area (Å²) in [5.41, 5.74) is 3.57. The topological polar surface area (TPSA) is 99.1 Å². The molecule has 7 heteroatoms. The number of hydrogen-bond donors (Lipinski definition) is 3. The number of nitrogens with zero attached hydrogens (tertiary/aromatic N) is 2. The van der Waals surface area contributed by atoms with Crippen molar-refractivity contribution in [2.45, 2.75) is 19.0 Å². The zero-order chi connectivity index (χ0) is 15.6. The van der Waals surface area contributed by atoms with E-state index in [4.69, 9.17) is 4.42 Å². The molecule has 0 fully saturated rings. The van der Waals surface area contributed by atoms with Crippen LogP contribution >= 0.6 is 0 Å². The van der Waals surface area contributed by atoms with Crippen molar-refractivity contribution in [2.75, 3.05) is 0 Å². The van der Waals surface area contributed by atoms with Gasteiger partial charge < -0.3 is 19.7 Å². The lowest BCUT2D eigenvalue weighted by atomic mass is 9.98. The average Bonchev–Trinajstić information content (AvgIpc) is 3.20. The minimum Gasteiger partial charge on any atom is -0.448 e. The van der Waals surface area contributed by atoms with Crippen LogP contribution in [0.5, 0.6) is 0 Å². The normalized spacial score (nSPS) is 17.6. The molecule has 0 saturated heterocycles. The molecule has 1 aliphatic heterocycles. The Balaban J connectivity index is 1.50. The number of rotatable bonds is 4. The highest BCUT2D eigenvalue weighted by atomic mass is 16.3. The smallest absolute Gasteiger partial charge is 0.323 e. The lowest BCUT2D eigenvalue weighted by Gasteiger charge is -2.18. The van der Waals surface area contributed by atoms with Crippen LogP contribution in [-0.2, 0) is 6.54 Å². The molecular weight excluding hydrogens is 294 g/mol. The number of oxazole rings is 1. The first kappa shape index (κ1) is 13.7. The van der Waals surface area contributed by atoms with Gasteiger partial charge in [-0.05, 0) is 29.7 Å². The molecule has 1 atom stereocenters. The minimum absolute atomic E-state index is 0.114. The van der Waals surface area contributed by atoms with Crippen LogP contribution < -0.4 is 11.0 Å². The Hall–Kier alpha value is -2.93. The van der Waals surface area contributed by atoms with Gasteiger partial charge in [-0.15, -0.1) is 0 Å². The average molecular weight is 309 g/mol. The van der Waals surface area contributed by atoms with E-state index in [-0.39, 0.29) is 11.7 Å². The van der Waals surface area contributed by atoms with Gasteiger partial charge in [0.2, 0.25) is 5.89 Å². The molecule has 3 N–H and O–H groups in total. The van der Waals surface area contributed by atoms with Gasteiger partial charge in [0.15, 0.2) is 0 Å². The van der Waals surface area contributed by atoms with Crippen molar-refractivity contribution in [1.82, 2.24) is 20.3 Å². The van der Waals surface area contributed by atoms with Crippen molar-refractivity contribution in [2.24, 2.45) is 4.99 Å². The second kappa shape index (κ2) is 5.69. The van der Waals surface area contributed by atoms with E-state index in [0.29, 0.717) is 12.4 Å². The number of H-pyrrole nitrogens is 2. The number of aromatic nitrogens is 3. The second-order valence-corrected chi connectivity index (χ2v) is 5.41. The third-order valence-electron chi connectivity index (χ3n) is 3.82. The molecule has 116 valence electrons. The van der Waals surface area contributed by atoms with Crippen molar-refractivity contribution < 1.29 is 4.42 Å². The molecule has 0 saturated carbocycles. The Kier molecular flexibility index (Phi) is 3.39. The number of benzene rings is 1. The Labute approximate surface area is 131 Å². The maximum Gasteiger partial charge on any atom is 0.323 e. The molecule has 23 heavy (non-hydrogen) atoms. The molecule has 0 aliphatic carbocycles. The maximum absolute atomic E-state index is 11.4. The summed E-state index contributed by atoms with van der Waals surface area (Å²) in [6, 6.07) is 5.97. The number of imidazole rings is 1. The van der Waals surface area contributed by atoms with E-state index in [9.17, 15) is 4.79 Å². The SMILES string of the molecule is O=c1[nH]c2ccc(C3=CN=CC(NCc4ncco4)C3)cc2[nH]1. The highest BCUT2D eigenvalue weighted by Crippen LogP contribution is 2.24. The Bertz CT molecular complexity index is 933. The first-order valence-electron chi connectivity index (χ1n) is 7.34. The molecule has 3 heterocycles. The summed E-state index contributed by atoms with van der Waals surface area (Å²) in [7, 11) is 0. The van der Waals surface area contributed by atoms with Crippen LogP contribution in [0, 0.1) is 0 Å². The molecule has 1 aliphatic rings. The predicted molar refractivity (Wildman–Crippen MR) is 87.1 cm³/mol. The van der Waals surface area contributed by atoms with Gasteiger partial charge in [0.25, 0.3) is 0 Å². The Morgan fingerprint density at radius 3 is 3.09 bits per heavy atom. The fraction of sp³-hybridized carbons (Fsp3) is 0.188. The number of aliphatic imine (C=N–C) groups is 1. The van der Waals surface area contributed by atoms with Crippen LogP contribution in [0.4, 0.5) is 0 Å². The van der Waals surface area contributed by atoms with E-state index in [1.165, 1.54) is 0 Å². The zero-order valence-corrected chi connectivity index (χ0v) is 12.2. The van der Waals surface area contributed by atoms with E-state index in [0.717, 1.165) is 28.6 Å². The molecule has 7 nitrogen and oxygen atoms in total. The van der Waals surface area contributed by atoms with Crippen molar-refractivity contribution in [3.8, 4) is 0 Å². The van der Waals surface area contributed by atoms with Crippen LogP contribution in [0.25, 0.3) is 16.6 Å². The molecular formula is C16H15N5O2. The van der Waals surface area contributed by atoms with Gasteiger partial charge in [0.1, 0.15) is 6.26 Å². The highest BCUT2D eigenvalue weighted by Gasteiger charge is 2.15. The largest absolute Gasteiger partial charge is 0.448 e. The van der Waals surface area contributed by atoms with Crippen LogP contribution in [0.1, 0.15) is 17.9 Å². The van der Waals surface area contributed by atoms with E-state index in [2.05, 4.69) is 25.3 Å². The lowest BCUT2D eigenvalue weighted by molar-refractivity contribution is 0.461. The molecule has 0 amide bonds. The van der Waals surface area contributed by atoms with Gasteiger partial charge in [0, 0.05) is 18.5 Å². The van der Waals surface area contributed by atoms with Gasteiger partial charge in [-0.1, -0.05) is 6.07 Å². The summed E-state index contributed by atoms with van der Waals surface area (Å²) in [5.74, 6) is 0.654. The number of nitrogens with one attached hydrogen (secondary N) is 3. The number of fused-ring (bicyclic) bond motifs is 1. The summed E-state index contributed by atoms with van der Waals surface area (Å²) >= 11 is 0. The Morgan fingerprint density at radius 1 is 1.30 bits per heavy atom. The van der Waals surface area contributed by atoms with Crippen molar-refractivity contribution in [1.29, 1.82) is 0 Å². The summed E-state index contributed by atoms with van der Waals surface area (Å²) < 4.78 is 5.22. The summed E-state index contributed by atoms with van der Waals surface area (Å²) in [6.45, 7) is 0.557. The maximum atomic E-state index is 11.4. The van der Waals surface area contributed by atoms with E-state index in [1.807, 2.05) is 30.6 Å². The molecule has 0 spiro atoms. The fourth-order valence-corrected chi connectivity index (χ4v) is 2.69. The summed E-state index contributed by atoms with van der Waals surface area (Å²) in [6.07, 6.45) is 7.73. The van der Waals surface area contributed by atoms with Gasteiger partial charge in [0.05, 0.1) is 23.8 Å². The quantitative estimate of drug-likeness (QED) is 0.684. The van der Waals surface area contributed by atoms with Crippen LogP contribution in [0.15, 0.2) is 51.1 Å². The van der Waals surface area contributed by atoms with E-state index in [1.54, 1.807) is 12.5 Å². The summed E-state index contributed by atoms with van der Waals surface area (Å²) in [5, 5.41) is 3.35. The van der Waals surface area contributed by atoms with Crippen molar-refractivity contribution >= 4 is 22.8 Å². The van der Waals surface area contributed by atoms with Crippen LogP contribution in [0.2, 0.25) is 0 Å². The molecule has 1 unspecified atom stereocenters. The van der Waals surface area contributed by atoms with Gasteiger partial charge >= 0.3 is 5.69 Å². The first-order chi connectivity index (χ1) is 11.3. The molecule has 2 aromatic heterocycles. The standard InChI is InChI=1S/C16H15N5O2/c22-16-20-13-2-1-10(6-14(13)21-16)11-5-12(8-17-7-11)19-9-15-18-3-4-23-15/h1-4,6-8,12,19H,5,9H2,(H2,20,21,22). The van der Waals surface area contributed by atoms with Crippen LogP contribution in [-0.4, -0.2) is 27.2 Å². The predicted octanol–water partition coefficient (Wildman–Crippen LogP) is 1.82. The molecule has 4 rings (SSSR count). The van der Waals surface area contributed by atoms with Crippen molar-refractivity contribution in [3.05, 3.63) is 58.8 Å². The van der Waals surface area contributed by atoms with Gasteiger partial charge in [-0.3, -0.25) is 4.99 Å².